The minimum atomic E-state index is -0.203. The van der Waals surface area contributed by atoms with Crippen molar-refractivity contribution in [3.8, 4) is 0 Å². The van der Waals surface area contributed by atoms with Gasteiger partial charge in [0.1, 0.15) is 0 Å². The fraction of sp³-hybridized carbons (Fsp3) is 0.250. The average Bonchev–Trinajstić information content (AvgIpc) is 2.89. The first-order valence-corrected chi connectivity index (χ1v) is 11.9. The number of carbonyl (C=O) groups is 3. The Morgan fingerprint density at radius 2 is 1.23 bits per heavy atom. The monoisotopic (exact) mass is 472 g/mol. The lowest BCUT2D eigenvalue weighted by molar-refractivity contribution is -0.116. The summed E-state index contributed by atoms with van der Waals surface area (Å²) in [6, 6.07) is 24.0. The van der Waals surface area contributed by atoms with Crippen molar-refractivity contribution < 1.29 is 14.4 Å². The molecule has 7 heteroatoms. The van der Waals surface area contributed by atoms with Crippen LogP contribution < -0.4 is 16.0 Å². The fourth-order valence-electron chi connectivity index (χ4n) is 3.57. The summed E-state index contributed by atoms with van der Waals surface area (Å²) < 4.78 is 0. The lowest BCUT2D eigenvalue weighted by Crippen LogP contribution is -2.30. The Morgan fingerprint density at radius 3 is 1.83 bits per heavy atom. The van der Waals surface area contributed by atoms with Gasteiger partial charge in [-0.25, -0.2) is 0 Å². The van der Waals surface area contributed by atoms with Crippen LogP contribution in [0.15, 0.2) is 78.9 Å². The lowest BCUT2D eigenvalue weighted by atomic mass is 10.1. The van der Waals surface area contributed by atoms with Gasteiger partial charge in [0.25, 0.3) is 5.91 Å². The molecule has 3 aromatic rings. The molecule has 3 rings (SSSR count). The van der Waals surface area contributed by atoms with Crippen molar-refractivity contribution in [2.24, 2.45) is 0 Å². The Balaban J connectivity index is 1.42. The van der Waals surface area contributed by atoms with Crippen LogP contribution in [-0.4, -0.2) is 42.3 Å². The van der Waals surface area contributed by atoms with Crippen LogP contribution in [0.1, 0.15) is 36.2 Å². The lowest BCUT2D eigenvalue weighted by Gasteiger charge is -2.18. The van der Waals surface area contributed by atoms with E-state index in [2.05, 4.69) is 16.0 Å². The maximum atomic E-state index is 12.4. The summed E-state index contributed by atoms with van der Waals surface area (Å²) in [5.74, 6) is -0.268. The maximum absolute atomic E-state index is 12.4. The SMILES string of the molecule is CCN(CC)C(=O)c1ccc(NC(=O)CNc2ccc(NC(=O)CCc3ccccc3)cc2)cc1. The quantitative estimate of drug-likeness (QED) is 0.374. The van der Waals surface area contributed by atoms with Gasteiger partial charge in [-0.05, 0) is 74.4 Å². The highest BCUT2D eigenvalue weighted by atomic mass is 16.2. The van der Waals surface area contributed by atoms with Gasteiger partial charge in [0.2, 0.25) is 11.8 Å². The molecule has 3 aromatic carbocycles. The summed E-state index contributed by atoms with van der Waals surface area (Å²) in [6.45, 7) is 5.28. The highest BCUT2D eigenvalue weighted by Gasteiger charge is 2.12. The van der Waals surface area contributed by atoms with E-state index >= 15 is 0 Å². The molecule has 0 saturated heterocycles. The summed E-state index contributed by atoms with van der Waals surface area (Å²) in [5.41, 5.74) is 3.82. The van der Waals surface area contributed by atoms with Crippen LogP contribution in [0.2, 0.25) is 0 Å². The molecule has 35 heavy (non-hydrogen) atoms. The Morgan fingerprint density at radius 1 is 0.686 bits per heavy atom. The minimum Gasteiger partial charge on any atom is -0.376 e. The standard InChI is InChI=1S/C28H32N4O3/c1-3-32(4-2)28(35)22-11-13-24(14-12-22)31-27(34)20-29-23-15-17-25(18-16-23)30-26(33)19-10-21-8-6-5-7-9-21/h5-9,11-18,29H,3-4,10,19-20H2,1-2H3,(H,30,33)(H,31,34). The fourth-order valence-corrected chi connectivity index (χ4v) is 3.57. The van der Waals surface area contributed by atoms with Gasteiger partial charge in [-0.3, -0.25) is 14.4 Å². The second-order valence-corrected chi connectivity index (χ2v) is 8.07. The van der Waals surface area contributed by atoms with E-state index < -0.39 is 0 Å². The highest BCUT2D eigenvalue weighted by Crippen LogP contribution is 2.15. The average molecular weight is 473 g/mol. The van der Waals surface area contributed by atoms with Gasteiger partial charge in [0.15, 0.2) is 0 Å². The van der Waals surface area contributed by atoms with Crippen molar-refractivity contribution in [2.45, 2.75) is 26.7 Å². The minimum absolute atomic E-state index is 0.0228. The van der Waals surface area contributed by atoms with Gasteiger partial charge in [-0.1, -0.05) is 30.3 Å². The number of hydrogen-bond acceptors (Lipinski definition) is 4. The third-order valence-corrected chi connectivity index (χ3v) is 5.57. The van der Waals surface area contributed by atoms with Crippen molar-refractivity contribution in [3.05, 3.63) is 90.0 Å². The summed E-state index contributed by atoms with van der Waals surface area (Å²) in [7, 11) is 0. The third-order valence-electron chi connectivity index (χ3n) is 5.57. The van der Waals surface area contributed by atoms with Crippen LogP contribution in [0.4, 0.5) is 17.1 Å². The maximum Gasteiger partial charge on any atom is 0.253 e. The van der Waals surface area contributed by atoms with E-state index in [0.29, 0.717) is 42.9 Å². The molecule has 0 fully saturated rings. The van der Waals surface area contributed by atoms with E-state index in [0.717, 1.165) is 11.3 Å². The van der Waals surface area contributed by atoms with Crippen molar-refractivity contribution in [1.29, 1.82) is 0 Å². The van der Waals surface area contributed by atoms with E-state index in [1.807, 2.05) is 56.3 Å². The molecule has 3 amide bonds. The summed E-state index contributed by atoms with van der Waals surface area (Å²) in [5, 5.41) is 8.77. The molecule has 0 spiro atoms. The van der Waals surface area contributed by atoms with Gasteiger partial charge in [0.05, 0.1) is 6.54 Å². The van der Waals surface area contributed by atoms with Crippen LogP contribution in [0.25, 0.3) is 0 Å². The molecule has 0 radical (unpaired) electrons. The van der Waals surface area contributed by atoms with Gasteiger partial charge in [0, 0.05) is 42.1 Å². The molecule has 0 aromatic heterocycles. The molecule has 3 N–H and O–H groups in total. The first-order chi connectivity index (χ1) is 17.0. The van der Waals surface area contributed by atoms with E-state index in [-0.39, 0.29) is 24.3 Å². The highest BCUT2D eigenvalue weighted by molar-refractivity contribution is 5.96. The van der Waals surface area contributed by atoms with Gasteiger partial charge < -0.3 is 20.9 Å². The number of nitrogens with one attached hydrogen (secondary N) is 3. The number of rotatable bonds is 11. The second kappa shape index (κ2) is 12.9. The normalized spacial score (nSPS) is 10.3. The van der Waals surface area contributed by atoms with Crippen LogP contribution >= 0.6 is 0 Å². The number of hydrogen-bond donors (Lipinski definition) is 3. The zero-order chi connectivity index (χ0) is 25.0. The zero-order valence-electron chi connectivity index (χ0n) is 20.2. The van der Waals surface area contributed by atoms with Crippen molar-refractivity contribution in [2.75, 3.05) is 35.6 Å². The predicted octanol–water partition coefficient (Wildman–Crippen LogP) is 4.79. The van der Waals surface area contributed by atoms with Crippen molar-refractivity contribution in [3.63, 3.8) is 0 Å². The van der Waals surface area contributed by atoms with Crippen molar-refractivity contribution in [1.82, 2.24) is 4.90 Å². The number of carbonyl (C=O) groups excluding carboxylic acids is 3. The van der Waals surface area contributed by atoms with Crippen LogP contribution in [-0.2, 0) is 16.0 Å². The predicted molar refractivity (Wildman–Crippen MR) is 141 cm³/mol. The Bertz CT molecular complexity index is 1110. The van der Waals surface area contributed by atoms with Crippen LogP contribution in [0.5, 0.6) is 0 Å². The van der Waals surface area contributed by atoms with Crippen LogP contribution in [0, 0.1) is 0 Å². The van der Waals surface area contributed by atoms with Gasteiger partial charge >= 0.3 is 0 Å². The molecule has 0 heterocycles. The van der Waals surface area contributed by atoms with E-state index in [9.17, 15) is 14.4 Å². The van der Waals surface area contributed by atoms with Crippen molar-refractivity contribution >= 4 is 34.8 Å². The number of nitrogens with zero attached hydrogens (tertiary/aromatic N) is 1. The number of aryl methyl sites for hydroxylation is 1. The molecule has 7 nitrogen and oxygen atoms in total. The first-order valence-electron chi connectivity index (χ1n) is 11.9. The van der Waals surface area contributed by atoms with E-state index in [4.69, 9.17) is 0 Å². The van der Waals surface area contributed by atoms with Gasteiger partial charge in [-0.2, -0.15) is 0 Å². The molecule has 0 aliphatic carbocycles. The second-order valence-electron chi connectivity index (χ2n) is 8.07. The molecule has 0 saturated carbocycles. The van der Waals surface area contributed by atoms with Gasteiger partial charge in [-0.15, -0.1) is 0 Å². The Labute approximate surface area is 206 Å². The molecule has 0 atom stereocenters. The summed E-state index contributed by atoms with van der Waals surface area (Å²) >= 11 is 0. The smallest absolute Gasteiger partial charge is 0.253 e. The topological polar surface area (TPSA) is 90.5 Å². The Hall–Kier alpha value is -4.13. The molecule has 0 bridgehead atoms. The third kappa shape index (κ3) is 7.99. The molecular weight excluding hydrogens is 440 g/mol. The largest absolute Gasteiger partial charge is 0.376 e. The molecular formula is C28H32N4O3. The molecule has 0 aliphatic heterocycles. The summed E-state index contributed by atoms with van der Waals surface area (Å²) in [4.78, 5) is 38.6. The molecule has 0 unspecified atom stereocenters. The number of benzene rings is 3. The molecule has 182 valence electrons. The number of anilines is 3. The first kappa shape index (κ1) is 25.5. The molecule has 0 aliphatic rings. The van der Waals surface area contributed by atoms with E-state index in [1.165, 1.54) is 0 Å². The zero-order valence-corrected chi connectivity index (χ0v) is 20.2. The van der Waals surface area contributed by atoms with E-state index in [1.54, 1.807) is 41.3 Å². The number of amides is 3. The summed E-state index contributed by atoms with van der Waals surface area (Å²) in [6.07, 6.45) is 1.10. The Kier molecular flexibility index (Phi) is 9.42. The van der Waals surface area contributed by atoms with Crippen LogP contribution in [0.3, 0.4) is 0 Å².